The first-order chi connectivity index (χ1) is 13.2. The number of rotatable bonds is 5. The van der Waals surface area contributed by atoms with Crippen LogP contribution in [0.25, 0.3) is 11.4 Å². The molecule has 1 unspecified atom stereocenters. The number of hydrogen-bond acceptors (Lipinski definition) is 5. The molecule has 1 aromatic heterocycles. The first-order valence-corrected chi connectivity index (χ1v) is 9.86. The average Bonchev–Trinajstić information content (AvgIpc) is 3.19. The Hall–Kier alpha value is -1.89. The number of benzene rings is 1. The lowest BCUT2D eigenvalue weighted by atomic mass is 9.84. The first-order valence-electron chi connectivity index (χ1n) is 9.86. The Balaban J connectivity index is 1.61. The van der Waals surface area contributed by atoms with E-state index in [1.54, 1.807) is 0 Å². The van der Waals surface area contributed by atoms with Gasteiger partial charge in [-0.15, -0.1) is 0 Å². The summed E-state index contributed by atoms with van der Waals surface area (Å²) in [5.74, 6) is 1.66. The Bertz CT molecular complexity index is 762. The minimum atomic E-state index is -0.0577. The van der Waals surface area contributed by atoms with Crippen LogP contribution in [0.2, 0.25) is 0 Å². The van der Waals surface area contributed by atoms with Crippen molar-refractivity contribution in [3.63, 3.8) is 0 Å². The quantitative estimate of drug-likeness (QED) is 0.872. The van der Waals surface area contributed by atoms with Crippen LogP contribution in [-0.4, -0.2) is 46.7 Å². The molecule has 4 rings (SSSR count). The molecular formula is C21H28N2O4. The Labute approximate surface area is 160 Å². The zero-order valence-electron chi connectivity index (χ0n) is 15.9. The summed E-state index contributed by atoms with van der Waals surface area (Å²) in [6.45, 7) is 4.80. The summed E-state index contributed by atoms with van der Waals surface area (Å²) in [6.07, 6.45) is 7.82. The highest BCUT2D eigenvalue weighted by Crippen LogP contribution is 2.40. The lowest BCUT2D eigenvalue weighted by Crippen LogP contribution is -2.44. The molecule has 1 aromatic carbocycles. The van der Waals surface area contributed by atoms with Crippen LogP contribution in [0.4, 0.5) is 0 Å². The van der Waals surface area contributed by atoms with Gasteiger partial charge in [-0.25, -0.2) is 4.98 Å². The molecule has 1 N–H and O–H groups in total. The van der Waals surface area contributed by atoms with Gasteiger partial charge in [-0.05, 0) is 50.8 Å². The van der Waals surface area contributed by atoms with E-state index in [9.17, 15) is 5.11 Å². The van der Waals surface area contributed by atoms with E-state index in [2.05, 4.69) is 15.7 Å². The highest BCUT2D eigenvalue weighted by atomic mass is 16.5. The maximum Gasteiger partial charge on any atom is 0.140 e. The van der Waals surface area contributed by atoms with Gasteiger partial charge in [0.05, 0.1) is 18.8 Å². The maximum absolute atomic E-state index is 9.72. The van der Waals surface area contributed by atoms with Crippen molar-refractivity contribution in [2.24, 2.45) is 0 Å². The van der Waals surface area contributed by atoms with E-state index < -0.39 is 0 Å². The summed E-state index contributed by atoms with van der Waals surface area (Å²) in [6, 6.07) is 6.28. The molecule has 0 aliphatic carbocycles. The van der Waals surface area contributed by atoms with E-state index in [-0.39, 0.29) is 12.2 Å². The van der Waals surface area contributed by atoms with Gasteiger partial charge in [0, 0.05) is 49.4 Å². The van der Waals surface area contributed by atoms with Crippen LogP contribution in [0.5, 0.6) is 5.75 Å². The molecular weight excluding hydrogens is 344 g/mol. The fourth-order valence-corrected chi connectivity index (χ4v) is 4.30. The number of hydrogen-bond donors (Lipinski definition) is 1. The van der Waals surface area contributed by atoms with Crippen LogP contribution in [0.1, 0.15) is 44.2 Å². The van der Waals surface area contributed by atoms with Crippen molar-refractivity contribution in [1.29, 1.82) is 0 Å². The van der Waals surface area contributed by atoms with Crippen molar-refractivity contribution in [2.75, 3.05) is 26.4 Å². The third-order valence-electron chi connectivity index (χ3n) is 5.72. The van der Waals surface area contributed by atoms with E-state index in [1.165, 1.54) is 0 Å². The Morgan fingerprint density at radius 3 is 2.93 bits per heavy atom. The van der Waals surface area contributed by atoms with Crippen molar-refractivity contribution in [2.45, 2.75) is 50.9 Å². The minimum absolute atomic E-state index is 0.0513. The Kier molecular flexibility index (Phi) is 5.48. The first kappa shape index (κ1) is 18.5. The van der Waals surface area contributed by atoms with Crippen LogP contribution in [0.3, 0.4) is 0 Å². The smallest absolute Gasteiger partial charge is 0.140 e. The normalized spacial score (nSPS) is 22.1. The second-order valence-corrected chi connectivity index (χ2v) is 7.36. The molecule has 146 valence electrons. The second kappa shape index (κ2) is 8.00. The van der Waals surface area contributed by atoms with Crippen molar-refractivity contribution >= 4 is 0 Å². The zero-order chi connectivity index (χ0) is 18.7. The van der Waals surface area contributed by atoms with Crippen molar-refractivity contribution in [1.82, 2.24) is 9.55 Å². The highest BCUT2D eigenvalue weighted by molar-refractivity contribution is 5.59. The molecule has 2 aromatic rings. The third-order valence-corrected chi connectivity index (χ3v) is 5.72. The van der Waals surface area contributed by atoms with Gasteiger partial charge in [0.2, 0.25) is 0 Å². The summed E-state index contributed by atoms with van der Waals surface area (Å²) < 4.78 is 19.6. The summed E-state index contributed by atoms with van der Waals surface area (Å²) in [5.41, 5.74) is 1.73. The minimum Gasteiger partial charge on any atom is -0.494 e. The number of aliphatic hydroxyl groups is 1. The van der Waals surface area contributed by atoms with Crippen molar-refractivity contribution < 1.29 is 19.3 Å². The molecule has 2 fully saturated rings. The summed E-state index contributed by atoms with van der Waals surface area (Å²) in [5, 5.41) is 9.72. The molecule has 6 nitrogen and oxygen atoms in total. The molecule has 2 saturated heterocycles. The number of nitrogens with zero attached hydrogens (tertiary/aromatic N) is 2. The van der Waals surface area contributed by atoms with Gasteiger partial charge in [0.25, 0.3) is 0 Å². The van der Waals surface area contributed by atoms with Crippen LogP contribution in [0.15, 0.2) is 30.6 Å². The largest absolute Gasteiger partial charge is 0.494 e. The summed E-state index contributed by atoms with van der Waals surface area (Å²) in [4.78, 5) is 4.62. The fraction of sp³-hybridized carbons (Fsp3) is 0.571. The zero-order valence-corrected chi connectivity index (χ0v) is 15.9. The Morgan fingerprint density at radius 1 is 1.30 bits per heavy atom. The molecule has 1 spiro atoms. The fourth-order valence-electron chi connectivity index (χ4n) is 4.30. The third kappa shape index (κ3) is 3.74. The Morgan fingerprint density at radius 2 is 2.15 bits per heavy atom. The molecule has 3 heterocycles. The van der Waals surface area contributed by atoms with E-state index in [1.807, 2.05) is 31.3 Å². The van der Waals surface area contributed by atoms with Gasteiger partial charge >= 0.3 is 0 Å². The summed E-state index contributed by atoms with van der Waals surface area (Å²) in [7, 11) is 0. The van der Waals surface area contributed by atoms with Gasteiger partial charge in [0.15, 0.2) is 0 Å². The summed E-state index contributed by atoms with van der Waals surface area (Å²) >= 11 is 0. The van der Waals surface area contributed by atoms with Gasteiger partial charge in [-0.3, -0.25) is 0 Å². The topological polar surface area (TPSA) is 65.7 Å². The number of aromatic nitrogens is 2. The molecule has 0 radical (unpaired) electrons. The molecule has 27 heavy (non-hydrogen) atoms. The maximum atomic E-state index is 9.72. The number of aliphatic hydroxyl groups excluding tert-OH is 1. The second-order valence-electron chi connectivity index (χ2n) is 7.36. The highest BCUT2D eigenvalue weighted by Gasteiger charge is 2.40. The predicted molar refractivity (Wildman–Crippen MR) is 102 cm³/mol. The number of imidazole rings is 1. The van der Waals surface area contributed by atoms with Crippen molar-refractivity contribution in [3.8, 4) is 17.1 Å². The van der Waals surface area contributed by atoms with Gasteiger partial charge in [0.1, 0.15) is 11.6 Å². The monoisotopic (exact) mass is 372 g/mol. The molecule has 0 amide bonds. The average molecular weight is 372 g/mol. The SMILES string of the molecule is CCOc1ccc(-c2nccn2C2CCOC3(CCOCC3)C2)cc1CO. The van der Waals surface area contributed by atoms with E-state index in [4.69, 9.17) is 14.2 Å². The lowest BCUT2D eigenvalue weighted by Gasteiger charge is -2.43. The molecule has 1 atom stereocenters. The predicted octanol–water partition coefficient (Wildman–Crippen LogP) is 3.34. The van der Waals surface area contributed by atoms with Crippen LogP contribution >= 0.6 is 0 Å². The molecule has 6 heteroatoms. The van der Waals surface area contributed by atoms with Crippen LogP contribution in [0, 0.1) is 0 Å². The number of ether oxygens (including phenoxy) is 3. The van der Waals surface area contributed by atoms with Crippen molar-refractivity contribution in [3.05, 3.63) is 36.2 Å². The molecule has 2 aliphatic heterocycles. The van der Waals surface area contributed by atoms with Gasteiger partial charge in [-0.1, -0.05) is 0 Å². The van der Waals surface area contributed by atoms with Crippen LogP contribution < -0.4 is 4.74 Å². The van der Waals surface area contributed by atoms with Crippen LogP contribution in [-0.2, 0) is 16.1 Å². The lowest BCUT2D eigenvalue weighted by molar-refractivity contribution is -0.144. The van der Waals surface area contributed by atoms with E-state index in [0.29, 0.717) is 12.6 Å². The molecule has 0 bridgehead atoms. The van der Waals surface area contributed by atoms with E-state index in [0.717, 1.165) is 68.2 Å². The van der Waals surface area contributed by atoms with Gasteiger partial charge < -0.3 is 23.9 Å². The van der Waals surface area contributed by atoms with Gasteiger partial charge in [-0.2, -0.15) is 0 Å². The standard InChI is InChI=1S/C21H28N2O4/c1-2-26-19-4-3-16(13-17(19)15-24)20-22-8-9-23(20)18-5-10-27-21(14-18)6-11-25-12-7-21/h3-4,8-9,13,18,24H,2,5-7,10-12,14-15H2,1H3. The molecule has 2 aliphatic rings. The van der Waals surface area contributed by atoms with E-state index >= 15 is 0 Å². The molecule has 0 saturated carbocycles.